The molecule has 0 aliphatic heterocycles. The van der Waals surface area contributed by atoms with Crippen LogP contribution < -0.4 is 0 Å². The molecule has 0 saturated carbocycles. The second-order valence-electron chi connectivity index (χ2n) is 9.66. The predicted octanol–water partition coefficient (Wildman–Crippen LogP) is 6.73. The minimum atomic E-state index is 0.906. The van der Waals surface area contributed by atoms with Gasteiger partial charge in [0.2, 0.25) is 0 Å². The van der Waals surface area contributed by atoms with Crippen molar-refractivity contribution in [2.24, 2.45) is 0 Å². The molecular weight excluding hydrogens is 428 g/mol. The summed E-state index contributed by atoms with van der Waals surface area (Å²) in [6.45, 7) is 0. The fourth-order valence-electron chi connectivity index (χ4n) is 6.58. The smallest absolute Gasteiger partial charge is 0.146 e. The Morgan fingerprint density at radius 2 is 1.60 bits per heavy atom. The molecule has 0 spiro atoms. The van der Waals surface area contributed by atoms with Gasteiger partial charge in [-0.15, -0.1) is 0 Å². The zero-order valence-electron chi connectivity index (χ0n) is 18.8. The normalized spacial score (nSPS) is 13.5. The van der Waals surface area contributed by atoms with E-state index in [1.165, 1.54) is 49.9 Å². The Kier molecular flexibility index (Phi) is 3.11. The highest BCUT2D eigenvalue weighted by atomic mass is 15.0. The number of benzene rings is 3. The first kappa shape index (κ1) is 17.8. The van der Waals surface area contributed by atoms with Crippen molar-refractivity contribution in [1.82, 2.24) is 19.4 Å². The van der Waals surface area contributed by atoms with E-state index in [0.29, 0.717) is 0 Å². The maximum atomic E-state index is 5.03. The molecule has 2 aliphatic rings. The summed E-state index contributed by atoms with van der Waals surface area (Å²) in [4.78, 5) is 14.3. The van der Waals surface area contributed by atoms with Crippen LogP contribution in [0.1, 0.15) is 22.3 Å². The van der Waals surface area contributed by atoms with Gasteiger partial charge in [0.05, 0.1) is 22.7 Å². The Bertz CT molecular complexity index is 2070. The van der Waals surface area contributed by atoms with E-state index >= 15 is 0 Å². The van der Waals surface area contributed by atoms with Crippen LogP contribution in [0.25, 0.3) is 60.7 Å². The van der Waals surface area contributed by atoms with Crippen molar-refractivity contribution in [2.75, 3.05) is 0 Å². The summed E-state index contributed by atoms with van der Waals surface area (Å²) in [5.74, 6) is 0. The molecule has 3 aromatic carbocycles. The first-order valence-electron chi connectivity index (χ1n) is 12.0. The molecule has 4 nitrogen and oxygen atoms in total. The first-order valence-corrected chi connectivity index (χ1v) is 12.0. The molecule has 162 valence electrons. The third kappa shape index (κ3) is 2.11. The van der Waals surface area contributed by atoms with E-state index in [1.807, 2.05) is 30.7 Å². The number of aromatic nitrogens is 4. The minimum Gasteiger partial charge on any atom is -0.290 e. The van der Waals surface area contributed by atoms with E-state index in [1.54, 1.807) is 0 Å². The van der Waals surface area contributed by atoms with Gasteiger partial charge in [-0.05, 0) is 81.6 Å². The van der Waals surface area contributed by atoms with E-state index in [-0.39, 0.29) is 0 Å². The van der Waals surface area contributed by atoms with Crippen LogP contribution in [0.15, 0.2) is 85.3 Å². The van der Waals surface area contributed by atoms with Crippen LogP contribution in [0.3, 0.4) is 0 Å². The van der Waals surface area contributed by atoms with Gasteiger partial charge in [0.1, 0.15) is 11.2 Å². The van der Waals surface area contributed by atoms with Gasteiger partial charge in [-0.3, -0.25) is 14.4 Å². The quantitative estimate of drug-likeness (QED) is 0.243. The van der Waals surface area contributed by atoms with Gasteiger partial charge in [-0.1, -0.05) is 42.5 Å². The lowest BCUT2D eigenvalue weighted by molar-refractivity contribution is 1.24. The molecule has 0 N–H and O–H groups in total. The lowest BCUT2D eigenvalue weighted by atomic mass is 9.95. The number of nitrogens with zero attached hydrogens (tertiary/aromatic N) is 4. The summed E-state index contributed by atoms with van der Waals surface area (Å²) in [5.41, 5.74) is 16.3. The Morgan fingerprint density at radius 1 is 0.686 bits per heavy atom. The average molecular weight is 447 g/mol. The fourth-order valence-corrected chi connectivity index (χ4v) is 6.58. The molecule has 0 atom stereocenters. The molecule has 35 heavy (non-hydrogen) atoms. The Morgan fingerprint density at radius 3 is 2.60 bits per heavy atom. The number of rotatable bonds is 0. The highest BCUT2D eigenvalue weighted by Gasteiger charge is 2.30. The van der Waals surface area contributed by atoms with E-state index in [9.17, 15) is 0 Å². The highest BCUT2D eigenvalue weighted by Crippen LogP contribution is 2.50. The third-order valence-electron chi connectivity index (χ3n) is 7.99. The van der Waals surface area contributed by atoms with Crippen LogP contribution in [0, 0.1) is 0 Å². The number of hydrogen-bond acceptors (Lipinski definition) is 3. The molecule has 0 bridgehead atoms. The molecule has 0 radical (unpaired) electrons. The van der Waals surface area contributed by atoms with Crippen molar-refractivity contribution in [1.29, 1.82) is 0 Å². The summed E-state index contributed by atoms with van der Waals surface area (Å²) in [6.07, 6.45) is 7.53. The Labute approximate surface area is 200 Å². The van der Waals surface area contributed by atoms with Crippen molar-refractivity contribution in [2.45, 2.75) is 12.8 Å². The molecule has 7 aromatic rings. The second-order valence-corrected chi connectivity index (χ2v) is 9.66. The monoisotopic (exact) mass is 446 g/mol. The molecule has 4 heteroatoms. The number of hydrogen-bond donors (Lipinski definition) is 0. The van der Waals surface area contributed by atoms with Crippen LogP contribution in [-0.2, 0) is 12.8 Å². The largest absolute Gasteiger partial charge is 0.290 e. The summed E-state index contributed by atoms with van der Waals surface area (Å²) in [7, 11) is 0. The highest BCUT2D eigenvalue weighted by molar-refractivity contribution is 6.16. The SMILES string of the molecule is c1ccc2c(c1)Cc1ccc3c(c1-2)Cc1c-3ccc2c1c1ncccc1n1c3ccncc3nc21. The second kappa shape index (κ2) is 6.10. The van der Waals surface area contributed by atoms with E-state index < -0.39 is 0 Å². The molecule has 0 amide bonds. The van der Waals surface area contributed by atoms with E-state index in [4.69, 9.17) is 9.97 Å². The minimum absolute atomic E-state index is 0.906. The van der Waals surface area contributed by atoms with E-state index in [0.717, 1.165) is 45.9 Å². The maximum Gasteiger partial charge on any atom is 0.146 e. The molecule has 4 heterocycles. The lowest BCUT2D eigenvalue weighted by Crippen LogP contribution is -1.96. The van der Waals surface area contributed by atoms with E-state index in [2.05, 4.69) is 64.0 Å². The van der Waals surface area contributed by atoms with Gasteiger partial charge < -0.3 is 0 Å². The van der Waals surface area contributed by atoms with Crippen molar-refractivity contribution in [3.8, 4) is 22.3 Å². The summed E-state index contributed by atoms with van der Waals surface area (Å²) in [5, 5.41) is 2.38. The van der Waals surface area contributed by atoms with Crippen molar-refractivity contribution < 1.29 is 0 Å². The molecule has 0 fully saturated rings. The van der Waals surface area contributed by atoms with Gasteiger partial charge in [0.15, 0.2) is 0 Å². The lowest BCUT2D eigenvalue weighted by Gasteiger charge is -2.12. The molecule has 4 aromatic heterocycles. The van der Waals surface area contributed by atoms with Crippen LogP contribution in [0.5, 0.6) is 0 Å². The van der Waals surface area contributed by atoms with Crippen molar-refractivity contribution in [3.05, 3.63) is 108 Å². The van der Waals surface area contributed by atoms with Crippen LogP contribution in [0.4, 0.5) is 0 Å². The first-order chi connectivity index (χ1) is 17.4. The summed E-state index contributed by atoms with van der Waals surface area (Å²) < 4.78 is 2.24. The maximum absolute atomic E-state index is 5.03. The van der Waals surface area contributed by atoms with Crippen molar-refractivity contribution in [3.63, 3.8) is 0 Å². The van der Waals surface area contributed by atoms with Gasteiger partial charge >= 0.3 is 0 Å². The molecular formula is C31H18N4. The predicted molar refractivity (Wildman–Crippen MR) is 140 cm³/mol. The number of imidazole rings is 1. The van der Waals surface area contributed by atoms with Gasteiger partial charge in [0.25, 0.3) is 0 Å². The molecule has 2 aliphatic carbocycles. The Hall–Kier alpha value is -4.57. The Balaban J connectivity index is 1.42. The van der Waals surface area contributed by atoms with Gasteiger partial charge in [-0.25, -0.2) is 4.98 Å². The molecule has 0 saturated heterocycles. The van der Waals surface area contributed by atoms with Gasteiger partial charge in [-0.2, -0.15) is 0 Å². The molecule has 9 rings (SSSR count). The third-order valence-corrected chi connectivity index (χ3v) is 7.99. The fraction of sp³-hybridized carbons (Fsp3) is 0.0645. The topological polar surface area (TPSA) is 43.1 Å². The average Bonchev–Trinajstić information content (AvgIpc) is 3.59. The zero-order chi connectivity index (χ0) is 22.7. The summed E-state index contributed by atoms with van der Waals surface area (Å²) >= 11 is 0. The molecule has 0 unspecified atom stereocenters. The zero-order valence-corrected chi connectivity index (χ0v) is 18.8. The summed E-state index contributed by atoms with van der Waals surface area (Å²) in [6, 6.07) is 24.3. The number of fused-ring (bicyclic) bond motifs is 16. The van der Waals surface area contributed by atoms with Gasteiger partial charge in [0, 0.05) is 23.2 Å². The standard InChI is InChI=1S/C31H18N4/c1-2-5-19-17(4-1)14-18-7-8-20-21-9-10-22-29(24(21)15-23(20)28(18)19)30-27(6-3-12-33-30)35-26-11-13-32-16-25(26)34-31(22)35/h1-13,16H,14-15H2. The van der Waals surface area contributed by atoms with Crippen LogP contribution in [-0.4, -0.2) is 19.4 Å². The number of pyridine rings is 3. The van der Waals surface area contributed by atoms with Crippen molar-refractivity contribution >= 4 is 38.5 Å². The van der Waals surface area contributed by atoms with Crippen LogP contribution in [0.2, 0.25) is 0 Å². The van der Waals surface area contributed by atoms with Crippen LogP contribution >= 0.6 is 0 Å².